The van der Waals surface area contributed by atoms with Crippen LogP contribution in [0.2, 0.25) is 0 Å². The number of aromatic amines is 1. The number of carbonyl (C=O) groups excluding carboxylic acids is 2. The minimum Gasteiger partial charge on any atom is -0.465 e. The number of ether oxygens (including phenoxy) is 1. The van der Waals surface area contributed by atoms with E-state index in [1.807, 2.05) is 29.3 Å². The van der Waals surface area contributed by atoms with Gasteiger partial charge in [-0.3, -0.25) is 0 Å². The lowest BCUT2D eigenvalue weighted by atomic mass is 9.97. The molecule has 1 unspecified atom stereocenters. The van der Waals surface area contributed by atoms with E-state index in [9.17, 15) is 9.59 Å². The van der Waals surface area contributed by atoms with E-state index >= 15 is 0 Å². The number of anilines is 1. The van der Waals surface area contributed by atoms with Gasteiger partial charge < -0.3 is 24.8 Å². The number of rotatable bonds is 4. The Morgan fingerprint density at radius 3 is 2.78 bits per heavy atom. The number of aromatic nitrogens is 3. The molecule has 2 amide bonds. The van der Waals surface area contributed by atoms with Crippen LogP contribution in [-0.4, -0.2) is 64.1 Å². The average molecular weight is 435 g/mol. The van der Waals surface area contributed by atoms with Crippen molar-refractivity contribution in [3.05, 3.63) is 54.0 Å². The Morgan fingerprint density at radius 1 is 1.12 bits per heavy atom. The molecule has 4 heterocycles. The van der Waals surface area contributed by atoms with Crippen molar-refractivity contribution >= 4 is 28.9 Å². The third kappa shape index (κ3) is 3.63. The minimum atomic E-state index is -0.369. The maximum absolute atomic E-state index is 13.0. The van der Waals surface area contributed by atoms with Crippen molar-refractivity contribution in [2.75, 3.05) is 25.1 Å². The summed E-state index contributed by atoms with van der Waals surface area (Å²) in [5.74, 6) is 0.572. The standard InChI is InChI=1S/C23H26N6O3/c1-32-22(30)16-6-4-15(5-7-16)13-25-23(31)29-11-2-3-18-19(29)9-12-28(18)21-17-8-10-24-20(17)26-14-27-21/h4-8,10,14,18-19H,2-3,9,11-13H2,1H3,(H,25,31)(H,24,26,27)/t18-,19?/m1/s1. The zero-order valence-corrected chi connectivity index (χ0v) is 18.0. The largest absolute Gasteiger partial charge is 0.465 e. The Labute approximate surface area is 185 Å². The lowest BCUT2D eigenvalue weighted by Gasteiger charge is -2.40. The quantitative estimate of drug-likeness (QED) is 0.612. The van der Waals surface area contributed by atoms with Crippen LogP contribution in [0.4, 0.5) is 10.6 Å². The Bertz CT molecular complexity index is 1130. The van der Waals surface area contributed by atoms with Gasteiger partial charge in [-0.2, -0.15) is 0 Å². The van der Waals surface area contributed by atoms with E-state index in [0.717, 1.165) is 54.8 Å². The summed E-state index contributed by atoms with van der Waals surface area (Å²) in [5.41, 5.74) is 2.26. The molecular formula is C23H26N6O3. The monoisotopic (exact) mass is 434 g/mol. The van der Waals surface area contributed by atoms with Gasteiger partial charge in [-0.05, 0) is 43.0 Å². The van der Waals surface area contributed by atoms with Gasteiger partial charge in [0.05, 0.1) is 30.1 Å². The van der Waals surface area contributed by atoms with E-state index in [1.165, 1.54) is 7.11 Å². The number of esters is 1. The molecule has 0 aliphatic carbocycles. The fraction of sp³-hybridized carbons (Fsp3) is 0.391. The molecule has 2 aliphatic heterocycles. The van der Waals surface area contributed by atoms with Gasteiger partial charge in [-0.15, -0.1) is 0 Å². The second-order valence-electron chi connectivity index (χ2n) is 8.24. The van der Waals surface area contributed by atoms with Gasteiger partial charge >= 0.3 is 12.0 Å². The summed E-state index contributed by atoms with van der Waals surface area (Å²) < 4.78 is 4.72. The fourth-order valence-electron chi connectivity index (χ4n) is 4.94. The molecule has 5 rings (SSSR count). The van der Waals surface area contributed by atoms with Crippen molar-refractivity contribution in [1.82, 2.24) is 25.2 Å². The summed E-state index contributed by atoms with van der Waals surface area (Å²) in [6.45, 7) is 2.03. The van der Waals surface area contributed by atoms with Crippen molar-refractivity contribution in [2.45, 2.75) is 37.9 Å². The molecule has 9 nitrogen and oxygen atoms in total. The second-order valence-corrected chi connectivity index (χ2v) is 8.24. The molecule has 2 aromatic heterocycles. The van der Waals surface area contributed by atoms with Gasteiger partial charge in [0.2, 0.25) is 0 Å². The molecule has 1 aromatic carbocycles. The number of hydrogen-bond acceptors (Lipinski definition) is 6. The van der Waals surface area contributed by atoms with E-state index in [1.54, 1.807) is 18.5 Å². The molecule has 2 atom stereocenters. The van der Waals surface area contributed by atoms with Gasteiger partial charge in [0.15, 0.2) is 0 Å². The van der Waals surface area contributed by atoms with Gasteiger partial charge in [-0.25, -0.2) is 19.6 Å². The predicted molar refractivity (Wildman–Crippen MR) is 119 cm³/mol. The number of amides is 2. The molecule has 32 heavy (non-hydrogen) atoms. The second kappa shape index (κ2) is 8.49. The number of carbonyl (C=O) groups is 2. The summed E-state index contributed by atoms with van der Waals surface area (Å²) in [7, 11) is 1.36. The van der Waals surface area contributed by atoms with Crippen LogP contribution in [0.5, 0.6) is 0 Å². The molecule has 2 saturated heterocycles. The highest BCUT2D eigenvalue weighted by molar-refractivity contribution is 5.89. The molecule has 0 spiro atoms. The molecule has 166 valence electrons. The first-order chi connectivity index (χ1) is 15.7. The highest BCUT2D eigenvalue weighted by atomic mass is 16.5. The van der Waals surface area contributed by atoms with Gasteiger partial charge in [0.25, 0.3) is 0 Å². The van der Waals surface area contributed by atoms with Crippen LogP contribution >= 0.6 is 0 Å². The summed E-state index contributed by atoms with van der Waals surface area (Å²) in [4.78, 5) is 41.0. The number of nitrogens with zero attached hydrogens (tertiary/aromatic N) is 4. The van der Waals surface area contributed by atoms with Crippen LogP contribution in [0.25, 0.3) is 11.0 Å². The Morgan fingerprint density at radius 2 is 1.97 bits per heavy atom. The number of nitrogens with one attached hydrogen (secondary N) is 2. The number of urea groups is 1. The van der Waals surface area contributed by atoms with E-state index in [0.29, 0.717) is 12.1 Å². The van der Waals surface area contributed by atoms with Crippen LogP contribution in [-0.2, 0) is 11.3 Å². The van der Waals surface area contributed by atoms with Crippen molar-refractivity contribution in [3.63, 3.8) is 0 Å². The fourth-order valence-corrected chi connectivity index (χ4v) is 4.94. The Hall–Kier alpha value is -3.62. The number of hydrogen-bond donors (Lipinski definition) is 2. The summed E-state index contributed by atoms with van der Waals surface area (Å²) in [6, 6.07) is 9.46. The molecule has 0 radical (unpaired) electrons. The Kier molecular flexibility index (Phi) is 5.38. The number of piperidine rings is 1. The van der Waals surface area contributed by atoms with Gasteiger partial charge in [-0.1, -0.05) is 12.1 Å². The van der Waals surface area contributed by atoms with Gasteiger partial charge in [0.1, 0.15) is 17.8 Å². The highest BCUT2D eigenvalue weighted by Crippen LogP contribution is 2.35. The molecule has 3 aromatic rings. The zero-order chi connectivity index (χ0) is 22.1. The van der Waals surface area contributed by atoms with Crippen LogP contribution < -0.4 is 10.2 Å². The van der Waals surface area contributed by atoms with Crippen LogP contribution in [0.15, 0.2) is 42.9 Å². The van der Waals surface area contributed by atoms with Crippen LogP contribution in [0, 0.1) is 0 Å². The van der Waals surface area contributed by atoms with E-state index in [2.05, 4.69) is 25.2 Å². The van der Waals surface area contributed by atoms with Crippen LogP contribution in [0.3, 0.4) is 0 Å². The minimum absolute atomic E-state index is 0.0481. The SMILES string of the molecule is COC(=O)c1ccc(CNC(=O)N2CCC[C@@H]3C2CCN3c2ncnc3[nH]ccc23)cc1. The van der Waals surface area contributed by atoms with Crippen molar-refractivity contribution in [2.24, 2.45) is 0 Å². The molecule has 2 aliphatic rings. The predicted octanol–water partition coefficient (Wildman–Crippen LogP) is 2.70. The number of H-pyrrole nitrogens is 1. The normalized spacial score (nSPS) is 20.3. The first-order valence-electron chi connectivity index (χ1n) is 10.9. The molecule has 9 heteroatoms. The summed E-state index contributed by atoms with van der Waals surface area (Å²) in [5, 5.41) is 4.06. The summed E-state index contributed by atoms with van der Waals surface area (Å²) >= 11 is 0. The first-order valence-corrected chi connectivity index (χ1v) is 10.9. The molecule has 0 saturated carbocycles. The molecule has 2 fully saturated rings. The lowest BCUT2D eigenvalue weighted by molar-refractivity contribution is 0.0600. The van der Waals surface area contributed by atoms with Crippen LogP contribution in [0.1, 0.15) is 35.2 Å². The number of methoxy groups -OCH3 is 1. The number of benzene rings is 1. The maximum atomic E-state index is 13.0. The smallest absolute Gasteiger partial charge is 0.337 e. The third-order valence-electron chi connectivity index (χ3n) is 6.49. The summed E-state index contributed by atoms with van der Waals surface area (Å²) in [6.07, 6.45) is 6.40. The lowest BCUT2D eigenvalue weighted by Crippen LogP contribution is -2.54. The highest BCUT2D eigenvalue weighted by Gasteiger charge is 2.43. The average Bonchev–Trinajstić information content (AvgIpc) is 3.49. The third-order valence-corrected chi connectivity index (χ3v) is 6.49. The number of fused-ring (bicyclic) bond motifs is 2. The van der Waals surface area contributed by atoms with Crippen molar-refractivity contribution < 1.29 is 14.3 Å². The molecule has 0 bridgehead atoms. The topological polar surface area (TPSA) is 103 Å². The molecule has 2 N–H and O–H groups in total. The van der Waals surface area contributed by atoms with E-state index < -0.39 is 0 Å². The van der Waals surface area contributed by atoms with Crippen molar-refractivity contribution in [3.8, 4) is 0 Å². The molecular weight excluding hydrogens is 408 g/mol. The van der Waals surface area contributed by atoms with E-state index in [4.69, 9.17) is 4.74 Å². The first kappa shape index (κ1) is 20.3. The van der Waals surface area contributed by atoms with Gasteiger partial charge in [0, 0.05) is 25.8 Å². The van der Waals surface area contributed by atoms with E-state index in [-0.39, 0.29) is 24.1 Å². The maximum Gasteiger partial charge on any atom is 0.337 e. The zero-order valence-electron chi connectivity index (χ0n) is 18.0. The van der Waals surface area contributed by atoms with Crippen molar-refractivity contribution in [1.29, 1.82) is 0 Å². The Balaban J connectivity index is 1.26. The number of likely N-dealkylation sites (tertiary alicyclic amines) is 1.